The van der Waals surface area contributed by atoms with E-state index in [0.717, 1.165) is 28.7 Å². The molecule has 0 unspecified atom stereocenters. The minimum absolute atomic E-state index is 0.0304. The van der Waals surface area contributed by atoms with E-state index in [1.54, 1.807) is 24.3 Å². The summed E-state index contributed by atoms with van der Waals surface area (Å²) in [6.45, 7) is 3.86. The predicted octanol–water partition coefficient (Wildman–Crippen LogP) is 2.59. The molecule has 0 atom stereocenters. The Bertz CT molecular complexity index is 1060. The molecule has 152 valence electrons. The highest BCUT2D eigenvalue weighted by molar-refractivity contribution is 8.03. The van der Waals surface area contributed by atoms with Gasteiger partial charge in [0.1, 0.15) is 11.5 Å². The zero-order chi connectivity index (χ0) is 21.1. The number of nitrogens with zero attached hydrogens (tertiary/aromatic N) is 3. The van der Waals surface area contributed by atoms with Gasteiger partial charge >= 0.3 is 0 Å². The Balaban J connectivity index is 1.90. The molecule has 3 aromatic rings. The number of hydrogen-bond acceptors (Lipinski definition) is 8. The second-order valence-electron chi connectivity index (χ2n) is 6.26. The summed E-state index contributed by atoms with van der Waals surface area (Å²) in [4.78, 5) is 11.6. The van der Waals surface area contributed by atoms with Crippen molar-refractivity contribution in [2.75, 3.05) is 14.2 Å². The Morgan fingerprint density at radius 1 is 1.14 bits per heavy atom. The van der Waals surface area contributed by atoms with Gasteiger partial charge in [-0.1, -0.05) is 0 Å². The van der Waals surface area contributed by atoms with Crippen LogP contribution in [-0.2, 0) is 11.8 Å². The second kappa shape index (κ2) is 8.44. The number of carboxylic acid groups (broad SMARTS) is 1. The van der Waals surface area contributed by atoms with E-state index >= 15 is 0 Å². The zero-order valence-corrected chi connectivity index (χ0v) is 17.5. The minimum Gasteiger partial charge on any atom is -0.544 e. The Kier molecular flexibility index (Phi) is 5.97. The maximum atomic E-state index is 11.6. The number of ether oxygens (including phenoxy) is 2. The lowest BCUT2D eigenvalue weighted by Crippen LogP contribution is -2.23. The number of carbonyl (C=O) groups excluding carboxylic acids is 1. The van der Waals surface area contributed by atoms with Crippen molar-refractivity contribution in [3.8, 4) is 23.0 Å². The zero-order valence-electron chi connectivity index (χ0n) is 16.7. The summed E-state index contributed by atoms with van der Waals surface area (Å²) in [6, 6.07) is 7.06. The third kappa shape index (κ3) is 4.45. The summed E-state index contributed by atoms with van der Waals surface area (Å²) in [5.41, 5.74) is 3.34. The van der Waals surface area contributed by atoms with Crippen molar-refractivity contribution in [3.05, 3.63) is 46.1 Å². The summed E-state index contributed by atoms with van der Waals surface area (Å²) >= 11 is 0.838. The number of rotatable bonds is 7. The van der Waals surface area contributed by atoms with Crippen LogP contribution in [0.4, 0.5) is 0 Å². The first kappa shape index (κ1) is 20.5. The smallest absolute Gasteiger partial charge is 0.281 e. The molecule has 0 saturated carbocycles. The quantitative estimate of drug-likeness (QED) is 0.429. The first-order valence-electron chi connectivity index (χ1n) is 8.63. The van der Waals surface area contributed by atoms with Crippen LogP contribution in [0.25, 0.3) is 17.5 Å². The van der Waals surface area contributed by atoms with Gasteiger partial charge in [0.25, 0.3) is 5.22 Å². The number of aliphatic carboxylic acids is 1. The maximum absolute atomic E-state index is 11.6. The molecule has 2 heterocycles. The highest BCUT2D eigenvalue weighted by atomic mass is 32.2. The van der Waals surface area contributed by atoms with E-state index in [9.17, 15) is 9.90 Å². The van der Waals surface area contributed by atoms with Crippen molar-refractivity contribution >= 4 is 23.8 Å². The highest BCUT2D eigenvalue weighted by Gasteiger charge is 2.15. The Hall–Kier alpha value is -3.20. The van der Waals surface area contributed by atoms with E-state index < -0.39 is 5.97 Å². The Morgan fingerprint density at radius 3 is 2.31 bits per heavy atom. The fourth-order valence-corrected chi connectivity index (χ4v) is 3.35. The minimum atomic E-state index is -1.32. The van der Waals surface area contributed by atoms with Crippen molar-refractivity contribution in [2.24, 2.45) is 7.05 Å². The molecule has 9 heteroatoms. The Morgan fingerprint density at radius 2 is 1.79 bits per heavy atom. The monoisotopic (exact) mass is 414 g/mol. The van der Waals surface area contributed by atoms with Gasteiger partial charge in [-0.05, 0) is 55.4 Å². The molecule has 0 fully saturated rings. The van der Waals surface area contributed by atoms with E-state index in [4.69, 9.17) is 13.9 Å². The molecule has 0 aliphatic rings. The average molecular weight is 414 g/mol. The summed E-state index contributed by atoms with van der Waals surface area (Å²) in [5, 5.41) is 19.7. The van der Waals surface area contributed by atoms with Gasteiger partial charge in [0.05, 0.1) is 20.2 Å². The second-order valence-corrected chi connectivity index (χ2v) is 7.25. The molecule has 29 heavy (non-hydrogen) atoms. The Labute approximate surface area is 172 Å². The van der Waals surface area contributed by atoms with Crippen LogP contribution in [0.5, 0.6) is 11.5 Å². The first-order valence-corrected chi connectivity index (χ1v) is 9.44. The van der Waals surface area contributed by atoms with Gasteiger partial charge in [0.15, 0.2) is 0 Å². The average Bonchev–Trinajstić information content (AvgIpc) is 3.27. The van der Waals surface area contributed by atoms with Gasteiger partial charge < -0.3 is 28.4 Å². The number of hydrogen-bond donors (Lipinski definition) is 0. The van der Waals surface area contributed by atoms with E-state index in [1.807, 2.05) is 31.5 Å². The van der Waals surface area contributed by atoms with Crippen molar-refractivity contribution in [1.29, 1.82) is 0 Å². The van der Waals surface area contributed by atoms with E-state index in [1.165, 1.54) is 14.2 Å². The van der Waals surface area contributed by atoms with Crippen LogP contribution >= 0.6 is 11.8 Å². The summed E-state index contributed by atoms with van der Waals surface area (Å²) in [6.07, 6.45) is 1.54. The van der Waals surface area contributed by atoms with Crippen molar-refractivity contribution in [1.82, 2.24) is 14.8 Å². The molecular formula is C20H20N3O5S-. The van der Waals surface area contributed by atoms with Crippen LogP contribution < -0.4 is 14.6 Å². The van der Waals surface area contributed by atoms with Crippen LogP contribution in [0.1, 0.15) is 17.0 Å². The molecule has 0 radical (unpaired) electrons. The third-order valence-corrected chi connectivity index (χ3v) is 5.35. The lowest BCUT2D eigenvalue weighted by Gasteiger charge is -2.06. The summed E-state index contributed by atoms with van der Waals surface area (Å²) in [7, 11) is 5.00. The van der Waals surface area contributed by atoms with Crippen molar-refractivity contribution < 1.29 is 23.8 Å². The van der Waals surface area contributed by atoms with Crippen LogP contribution in [0.2, 0.25) is 0 Å². The molecule has 3 rings (SSSR count). The standard InChI is InChI=1S/C20H21N3O5S/c1-11-6-13(12(2)23(11)3)9-17(19(24)25)29-20-22-21-18(28-20)14-7-15(26-4)10-16(8-14)27-5/h6-10H,1-5H3,(H,24,25)/p-1/b17-9-. The van der Waals surface area contributed by atoms with Crippen LogP contribution in [0, 0.1) is 13.8 Å². The molecule has 8 nitrogen and oxygen atoms in total. The molecule has 0 aliphatic carbocycles. The lowest BCUT2D eigenvalue weighted by molar-refractivity contribution is -0.298. The predicted molar refractivity (Wildman–Crippen MR) is 107 cm³/mol. The molecular weight excluding hydrogens is 394 g/mol. The highest BCUT2D eigenvalue weighted by Crippen LogP contribution is 2.33. The van der Waals surface area contributed by atoms with Gasteiger partial charge in [-0.2, -0.15) is 0 Å². The largest absolute Gasteiger partial charge is 0.544 e. The summed E-state index contributed by atoms with van der Waals surface area (Å²) < 4.78 is 18.1. The topological polar surface area (TPSA) is 102 Å². The van der Waals surface area contributed by atoms with Gasteiger partial charge in [0.2, 0.25) is 5.89 Å². The number of thioether (sulfide) groups is 1. The first-order chi connectivity index (χ1) is 13.8. The van der Waals surface area contributed by atoms with Crippen LogP contribution in [0.3, 0.4) is 0 Å². The van der Waals surface area contributed by atoms with Crippen LogP contribution in [0.15, 0.2) is 38.8 Å². The van der Waals surface area contributed by atoms with Gasteiger partial charge in [0, 0.05) is 35.0 Å². The molecule has 1 aromatic carbocycles. The summed E-state index contributed by atoms with van der Waals surface area (Å²) in [5.74, 6) is 0.0295. The molecule has 0 spiro atoms. The fourth-order valence-electron chi connectivity index (χ4n) is 2.69. The molecule has 0 saturated heterocycles. The number of aromatic nitrogens is 3. The van der Waals surface area contributed by atoms with Crippen LogP contribution in [-0.4, -0.2) is 35.0 Å². The number of carboxylic acids is 1. The molecule has 0 aliphatic heterocycles. The number of aryl methyl sites for hydroxylation is 1. The maximum Gasteiger partial charge on any atom is 0.281 e. The number of benzene rings is 1. The SMILES string of the molecule is COc1cc(OC)cc(-c2nnc(S/C(=C\c3cc(C)n(C)c3C)C(=O)[O-])o2)c1. The number of methoxy groups -OCH3 is 2. The van der Waals surface area contributed by atoms with Gasteiger partial charge in [-0.3, -0.25) is 0 Å². The fraction of sp³-hybridized carbons (Fsp3) is 0.250. The van der Waals surface area contributed by atoms with Gasteiger partial charge in [-0.15, -0.1) is 10.2 Å². The molecule has 0 N–H and O–H groups in total. The lowest BCUT2D eigenvalue weighted by atomic mass is 10.2. The third-order valence-electron chi connectivity index (χ3n) is 4.50. The van der Waals surface area contributed by atoms with E-state index in [-0.39, 0.29) is 16.0 Å². The van der Waals surface area contributed by atoms with Gasteiger partial charge in [-0.25, -0.2) is 0 Å². The normalized spacial score (nSPS) is 11.6. The van der Waals surface area contributed by atoms with E-state index in [0.29, 0.717) is 17.1 Å². The van der Waals surface area contributed by atoms with Crippen molar-refractivity contribution in [2.45, 2.75) is 19.1 Å². The molecule has 2 aromatic heterocycles. The molecule has 0 bridgehead atoms. The van der Waals surface area contributed by atoms with Crippen molar-refractivity contribution in [3.63, 3.8) is 0 Å². The molecule has 0 amide bonds. The van der Waals surface area contributed by atoms with E-state index in [2.05, 4.69) is 10.2 Å². The number of carbonyl (C=O) groups is 1.